The smallest absolute Gasteiger partial charge is 0.240 e. The average Bonchev–Trinajstić information content (AvgIpc) is 2.29. The summed E-state index contributed by atoms with van der Waals surface area (Å²) >= 11 is 3.33. The van der Waals surface area contributed by atoms with Crippen molar-refractivity contribution in [2.75, 3.05) is 6.54 Å². The first-order valence-electron chi connectivity index (χ1n) is 6.16. The van der Waals surface area contributed by atoms with E-state index >= 15 is 0 Å². The van der Waals surface area contributed by atoms with Crippen LogP contribution in [0.15, 0.2) is 27.6 Å². The molecule has 0 bridgehead atoms. The van der Waals surface area contributed by atoms with Gasteiger partial charge >= 0.3 is 0 Å². The molecule has 0 heterocycles. The van der Waals surface area contributed by atoms with Crippen LogP contribution in [0.25, 0.3) is 0 Å². The summed E-state index contributed by atoms with van der Waals surface area (Å²) in [6.07, 6.45) is -0.0895. The molecule has 19 heavy (non-hydrogen) atoms. The van der Waals surface area contributed by atoms with E-state index in [-0.39, 0.29) is 11.4 Å². The van der Waals surface area contributed by atoms with Gasteiger partial charge in [0.2, 0.25) is 10.0 Å². The summed E-state index contributed by atoms with van der Waals surface area (Å²) < 4.78 is 27.4. The third kappa shape index (κ3) is 5.22. The molecule has 1 aromatic rings. The maximum atomic E-state index is 12.0. The van der Waals surface area contributed by atoms with Gasteiger partial charge in [-0.05, 0) is 43.0 Å². The molecule has 0 spiro atoms. The normalized spacial score (nSPS) is 13.8. The van der Waals surface area contributed by atoms with Gasteiger partial charge in [0.1, 0.15) is 0 Å². The minimum Gasteiger partial charge on any atom is -0.392 e. The average molecular weight is 350 g/mol. The highest BCUT2D eigenvalue weighted by Crippen LogP contribution is 2.19. The first-order chi connectivity index (χ1) is 8.72. The number of aliphatic hydroxyl groups is 1. The van der Waals surface area contributed by atoms with Gasteiger partial charge in [-0.1, -0.05) is 29.8 Å². The molecule has 0 aliphatic carbocycles. The highest BCUT2D eigenvalue weighted by Gasteiger charge is 2.17. The lowest BCUT2D eigenvalue weighted by Crippen LogP contribution is -2.32. The van der Waals surface area contributed by atoms with Gasteiger partial charge in [0, 0.05) is 11.0 Å². The molecule has 4 nitrogen and oxygen atoms in total. The summed E-state index contributed by atoms with van der Waals surface area (Å²) in [6, 6.07) is 4.84. The molecule has 0 aliphatic heterocycles. The Morgan fingerprint density at radius 3 is 2.53 bits per heavy atom. The van der Waals surface area contributed by atoms with Crippen LogP contribution in [-0.4, -0.2) is 26.2 Å². The van der Waals surface area contributed by atoms with E-state index in [4.69, 9.17) is 0 Å². The predicted molar refractivity (Wildman–Crippen MR) is 79.5 cm³/mol. The van der Waals surface area contributed by atoms with Crippen LogP contribution in [-0.2, 0) is 10.0 Å². The molecule has 0 saturated heterocycles. The van der Waals surface area contributed by atoms with E-state index in [1.807, 2.05) is 20.8 Å². The van der Waals surface area contributed by atoms with Crippen molar-refractivity contribution in [2.45, 2.75) is 38.2 Å². The van der Waals surface area contributed by atoms with E-state index in [0.29, 0.717) is 12.3 Å². The highest BCUT2D eigenvalue weighted by atomic mass is 79.9. The first kappa shape index (κ1) is 16.6. The number of benzene rings is 1. The van der Waals surface area contributed by atoms with Gasteiger partial charge in [-0.3, -0.25) is 0 Å². The number of halogens is 1. The van der Waals surface area contributed by atoms with E-state index in [9.17, 15) is 13.5 Å². The third-order valence-corrected chi connectivity index (χ3v) is 5.00. The Morgan fingerprint density at radius 1 is 1.37 bits per heavy atom. The molecule has 0 aliphatic rings. The lowest BCUT2D eigenvalue weighted by Gasteiger charge is -2.14. The van der Waals surface area contributed by atoms with Gasteiger partial charge in [-0.2, -0.15) is 0 Å². The van der Waals surface area contributed by atoms with Crippen molar-refractivity contribution in [3.05, 3.63) is 28.2 Å². The van der Waals surface area contributed by atoms with Gasteiger partial charge in [0.25, 0.3) is 0 Å². The van der Waals surface area contributed by atoms with E-state index in [2.05, 4.69) is 20.7 Å². The van der Waals surface area contributed by atoms with Gasteiger partial charge < -0.3 is 5.11 Å². The van der Waals surface area contributed by atoms with Crippen LogP contribution in [0, 0.1) is 12.8 Å². The number of rotatable bonds is 6. The molecule has 6 heteroatoms. The van der Waals surface area contributed by atoms with Crippen molar-refractivity contribution in [2.24, 2.45) is 5.92 Å². The van der Waals surface area contributed by atoms with Gasteiger partial charge in [0.15, 0.2) is 0 Å². The van der Waals surface area contributed by atoms with Gasteiger partial charge in [0.05, 0.1) is 11.0 Å². The summed E-state index contributed by atoms with van der Waals surface area (Å²) in [5.41, 5.74) is 0.852. The maximum absolute atomic E-state index is 12.0. The Labute approximate surface area is 123 Å². The molecule has 2 N–H and O–H groups in total. The summed E-state index contributed by atoms with van der Waals surface area (Å²) in [5.74, 6) is 0.328. The summed E-state index contributed by atoms with van der Waals surface area (Å²) in [6.45, 7) is 5.83. The standard InChI is InChI=1S/C13H20BrNO3S/c1-9(2)6-11(16)8-15-19(17,18)12-4-5-13(14)10(3)7-12/h4-5,7,9,11,15-16H,6,8H2,1-3H3. The Bertz CT molecular complexity index is 529. The lowest BCUT2D eigenvalue weighted by molar-refractivity contribution is 0.152. The lowest BCUT2D eigenvalue weighted by atomic mass is 10.1. The minimum absolute atomic E-state index is 0.0373. The van der Waals surface area contributed by atoms with Crippen LogP contribution in [0.2, 0.25) is 0 Å². The molecule has 108 valence electrons. The zero-order chi connectivity index (χ0) is 14.6. The molecule has 0 aromatic heterocycles. The second-order valence-electron chi connectivity index (χ2n) is 5.05. The second-order valence-corrected chi connectivity index (χ2v) is 7.67. The fourth-order valence-electron chi connectivity index (χ4n) is 1.70. The van der Waals surface area contributed by atoms with Crippen LogP contribution in [0.4, 0.5) is 0 Å². The summed E-state index contributed by atoms with van der Waals surface area (Å²) in [5, 5.41) is 9.69. The zero-order valence-corrected chi connectivity index (χ0v) is 13.8. The Kier molecular flexibility index (Phi) is 5.98. The summed E-state index contributed by atoms with van der Waals surface area (Å²) in [7, 11) is -3.56. The first-order valence-corrected chi connectivity index (χ1v) is 8.44. The van der Waals surface area contributed by atoms with E-state index in [1.54, 1.807) is 12.1 Å². The molecule has 1 rings (SSSR count). The number of aliphatic hydroxyl groups excluding tert-OH is 1. The van der Waals surface area contributed by atoms with E-state index in [1.165, 1.54) is 6.07 Å². The highest BCUT2D eigenvalue weighted by molar-refractivity contribution is 9.10. The molecule has 0 fully saturated rings. The largest absolute Gasteiger partial charge is 0.392 e. The van der Waals surface area contributed by atoms with Gasteiger partial charge in [-0.15, -0.1) is 0 Å². The van der Waals surface area contributed by atoms with Crippen molar-refractivity contribution < 1.29 is 13.5 Å². The van der Waals surface area contributed by atoms with Crippen LogP contribution < -0.4 is 4.72 Å². The van der Waals surface area contributed by atoms with Crippen molar-refractivity contribution >= 4 is 26.0 Å². The predicted octanol–water partition coefficient (Wildman–Crippen LogP) is 2.44. The Morgan fingerprint density at radius 2 is 2.00 bits per heavy atom. The van der Waals surface area contributed by atoms with Crippen molar-refractivity contribution in [3.8, 4) is 0 Å². The monoisotopic (exact) mass is 349 g/mol. The molecule has 0 saturated carbocycles. The van der Waals surface area contributed by atoms with Gasteiger partial charge in [-0.25, -0.2) is 13.1 Å². The topological polar surface area (TPSA) is 66.4 Å². The molecule has 1 atom stereocenters. The number of hydrogen-bond donors (Lipinski definition) is 2. The molecule has 1 unspecified atom stereocenters. The molecular weight excluding hydrogens is 330 g/mol. The van der Waals surface area contributed by atoms with Crippen LogP contribution in [0.1, 0.15) is 25.8 Å². The zero-order valence-electron chi connectivity index (χ0n) is 11.4. The number of nitrogens with one attached hydrogen (secondary N) is 1. The fraction of sp³-hybridized carbons (Fsp3) is 0.538. The van der Waals surface area contributed by atoms with E-state index < -0.39 is 16.1 Å². The number of aryl methyl sites for hydroxylation is 1. The second kappa shape index (κ2) is 6.83. The quantitative estimate of drug-likeness (QED) is 0.828. The summed E-state index contributed by atoms with van der Waals surface area (Å²) in [4.78, 5) is 0.213. The van der Waals surface area contributed by atoms with Crippen LogP contribution >= 0.6 is 15.9 Å². The third-order valence-electron chi connectivity index (χ3n) is 2.69. The minimum atomic E-state index is -3.56. The number of sulfonamides is 1. The van der Waals surface area contributed by atoms with Crippen LogP contribution in [0.5, 0.6) is 0 Å². The molecule has 1 aromatic carbocycles. The van der Waals surface area contributed by atoms with Crippen molar-refractivity contribution in [1.82, 2.24) is 4.72 Å². The van der Waals surface area contributed by atoms with E-state index in [0.717, 1.165) is 10.0 Å². The molecular formula is C13H20BrNO3S. The van der Waals surface area contributed by atoms with Crippen molar-refractivity contribution in [3.63, 3.8) is 0 Å². The Balaban J connectivity index is 2.73. The van der Waals surface area contributed by atoms with Crippen molar-refractivity contribution in [1.29, 1.82) is 0 Å². The fourth-order valence-corrected chi connectivity index (χ4v) is 3.11. The number of hydrogen-bond acceptors (Lipinski definition) is 3. The maximum Gasteiger partial charge on any atom is 0.240 e. The molecule has 0 radical (unpaired) electrons. The SMILES string of the molecule is Cc1cc(S(=O)(=O)NCC(O)CC(C)C)ccc1Br. The Hall–Kier alpha value is -0.430. The molecule has 0 amide bonds. The van der Waals surface area contributed by atoms with Crippen LogP contribution in [0.3, 0.4) is 0 Å².